The van der Waals surface area contributed by atoms with Crippen LogP contribution >= 0.6 is 0 Å². The number of fused-ring (bicyclic) bond motifs is 4. The summed E-state index contributed by atoms with van der Waals surface area (Å²) >= 11 is 0. The van der Waals surface area contributed by atoms with Crippen LogP contribution < -0.4 is 15.0 Å². The standard InChI is InChI=1S/C36H35F6N5O2/c37-25-4-1-19-11-22(48)12-23(27(19)29(25)39)28-26(38)13-24-31(30(28)40)44-33(45-32(24)47-14-20-2-3-21(15-47)43-20)49-18-34(5-6-34)17-46-9-7-35(8-10-46)16-36(35,41)42/h1,4,11-13,20-21,43,48H,2-3,5-10,14-18H2. The Labute approximate surface area is 278 Å². The number of benzene rings is 3. The number of likely N-dealkylation sites (tertiary alicyclic amines) is 1. The molecule has 1 aromatic heterocycles. The van der Waals surface area contributed by atoms with Gasteiger partial charge >= 0.3 is 6.01 Å². The van der Waals surface area contributed by atoms with Crippen LogP contribution in [0.25, 0.3) is 32.8 Å². The summed E-state index contributed by atoms with van der Waals surface area (Å²) in [7, 11) is 0. The highest BCUT2D eigenvalue weighted by Crippen LogP contribution is 2.66. The minimum Gasteiger partial charge on any atom is -0.508 e. The van der Waals surface area contributed by atoms with Crippen LogP contribution in [0.2, 0.25) is 0 Å². The van der Waals surface area contributed by atoms with Crippen molar-refractivity contribution in [3.63, 3.8) is 0 Å². The fourth-order valence-corrected chi connectivity index (χ4v) is 8.54. The lowest BCUT2D eigenvalue weighted by molar-refractivity contribution is 0.0252. The van der Waals surface area contributed by atoms with Crippen molar-refractivity contribution in [1.29, 1.82) is 0 Å². The molecule has 5 fully saturated rings. The van der Waals surface area contributed by atoms with E-state index in [0.717, 1.165) is 43.9 Å². The first-order valence-corrected chi connectivity index (χ1v) is 17.0. The smallest absolute Gasteiger partial charge is 0.319 e. The van der Waals surface area contributed by atoms with E-state index in [0.29, 0.717) is 51.4 Å². The maximum absolute atomic E-state index is 16.7. The number of hydrogen-bond acceptors (Lipinski definition) is 7. The van der Waals surface area contributed by atoms with Gasteiger partial charge in [-0.25, -0.2) is 26.3 Å². The second-order valence-corrected chi connectivity index (χ2v) is 15.0. The van der Waals surface area contributed by atoms with Gasteiger partial charge in [-0.2, -0.15) is 9.97 Å². The summed E-state index contributed by atoms with van der Waals surface area (Å²) in [6, 6.07) is 5.71. The molecule has 7 nitrogen and oxygen atoms in total. The molecule has 13 heteroatoms. The molecule has 3 aromatic carbocycles. The van der Waals surface area contributed by atoms with E-state index >= 15 is 13.2 Å². The molecule has 9 rings (SSSR count). The third-order valence-electron chi connectivity index (χ3n) is 11.7. The summed E-state index contributed by atoms with van der Waals surface area (Å²) in [6.07, 6.45) is 4.61. The van der Waals surface area contributed by atoms with Gasteiger partial charge in [-0.3, -0.25) is 0 Å². The van der Waals surface area contributed by atoms with E-state index in [9.17, 15) is 18.3 Å². The monoisotopic (exact) mass is 683 g/mol. The molecule has 0 amide bonds. The molecule has 3 saturated heterocycles. The SMILES string of the molecule is Oc1cc(-c2c(F)cc3c(N4CC5CCC(C4)N5)nc(OCC4(CN5CCC6(CC5)CC6(F)F)CC4)nc3c2F)c2c(F)c(F)ccc2c1. The molecule has 4 heterocycles. The molecule has 2 aliphatic carbocycles. The summed E-state index contributed by atoms with van der Waals surface area (Å²) in [4.78, 5) is 13.3. The van der Waals surface area contributed by atoms with Crippen molar-refractivity contribution in [2.24, 2.45) is 10.8 Å². The second kappa shape index (κ2) is 10.8. The Kier molecular flexibility index (Phi) is 6.89. The number of phenols is 1. The minimum absolute atomic E-state index is 0.0199. The lowest BCUT2D eigenvalue weighted by Gasteiger charge is -2.35. The van der Waals surface area contributed by atoms with E-state index in [-0.39, 0.29) is 69.5 Å². The van der Waals surface area contributed by atoms with Gasteiger partial charge in [0.1, 0.15) is 22.9 Å². The van der Waals surface area contributed by atoms with Gasteiger partial charge in [0, 0.05) is 65.3 Å². The van der Waals surface area contributed by atoms with Crippen LogP contribution in [0, 0.1) is 34.1 Å². The van der Waals surface area contributed by atoms with Gasteiger partial charge < -0.3 is 25.0 Å². The maximum atomic E-state index is 16.7. The third-order valence-corrected chi connectivity index (χ3v) is 11.7. The Bertz CT molecular complexity index is 2000. The van der Waals surface area contributed by atoms with E-state index in [4.69, 9.17) is 9.72 Å². The second-order valence-electron chi connectivity index (χ2n) is 15.0. The highest BCUT2D eigenvalue weighted by Gasteiger charge is 2.70. The topological polar surface area (TPSA) is 73.8 Å². The number of phenolic OH excluding ortho intramolecular Hbond substituents is 1. The first-order valence-electron chi connectivity index (χ1n) is 17.0. The van der Waals surface area contributed by atoms with Crippen LogP contribution in [0.1, 0.15) is 44.9 Å². The van der Waals surface area contributed by atoms with Crippen molar-refractivity contribution < 1.29 is 36.2 Å². The number of nitrogens with one attached hydrogen (secondary N) is 1. The Morgan fingerprint density at radius 1 is 0.898 bits per heavy atom. The largest absolute Gasteiger partial charge is 0.508 e. The number of piperazine rings is 1. The zero-order valence-corrected chi connectivity index (χ0v) is 26.6. The van der Waals surface area contributed by atoms with E-state index in [2.05, 4.69) is 15.2 Å². The molecular weight excluding hydrogens is 648 g/mol. The van der Waals surface area contributed by atoms with Crippen LogP contribution in [-0.2, 0) is 0 Å². The summed E-state index contributed by atoms with van der Waals surface area (Å²) in [5.74, 6) is -7.25. The molecule has 2 unspecified atom stereocenters. The van der Waals surface area contributed by atoms with Gasteiger partial charge in [-0.05, 0) is 81.3 Å². The lowest BCUT2D eigenvalue weighted by Crippen LogP contribution is -2.51. The number of aromatic hydroxyl groups is 1. The number of aromatic nitrogens is 2. The minimum atomic E-state index is -2.55. The summed E-state index contributed by atoms with van der Waals surface area (Å²) in [6.45, 7) is 3.26. The summed E-state index contributed by atoms with van der Waals surface area (Å²) in [5, 5.41) is 13.8. The molecule has 2 bridgehead atoms. The van der Waals surface area contributed by atoms with E-state index in [1.807, 2.05) is 4.90 Å². The summed E-state index contributed by atoms with van der Waals surface area (Å²) < 4.78 is 96.4. The molecule has 3 aliphatic heterocycles. The molecule has 2 saturated carbocycles. The number of halogens is 6. The number of anilines is 1. The van der Waals surface area contributed by atoms with Crippen LogP contribution in [0.15, 0.2) is 30.3 Å². The number of nitrogens with zero attached hydrogens (tertiary/aromatic N) is 4. The van der Waals surface area contributed by atoms with Crippen molar-refractivity contribution in [2.75, 3.05) is 44.2 Å². The average Bonchev–Trinajstić information content (AvgIpc) is 3.91. The van der Waals surface area contributed by atoms with Gasteiger partial charge in [0.05, 0.1) is 12.2 Å². The fraction of sp³-hybridized carbons (Fsp3) is 0.500. The highest BCUT2D eigenvalue weighted by atomic mass is 19.3. The predicted molar refractivity (Wildman–Crippen MR) is 171 cm³/mol. The van der Waals surface area contributed by atoms with Gasteiger partial charge in [-0.15, -0.1) is 0 Å². The van der Waals surface area contributed by atoms with Crippen LogP contribution in [0.5, 0.6) is 11.8 Å². The Morgan fingerprint density at radius 3 is 2.29 bits per heavy atom. The molecular formula is C36H35F6N5O2. The quantitative estimate of drug-likeness (QED) is 0.205. The molecule has 4 aromatic rings. The van der Waals surface area contributed by atoms with Gasteiger partial charge in [-0.1, -0.05) is 6.07 Å². The number of piperidine rings is 1. The zero-order chi connectivity index (χ0) is 33.9. The van der Waals surface area contributed by atoms with Gasteiger partial charge in [0.25, 0.3) is 5.92 Å². The van der Waals surface area contributed by atoms with Crippen molar-refractivity contribution in [1.82, 2.24) is 20.2 Å². The Morgan fingerprint density at radius 2 is 1.61 bits per heavy atom. The molecule has 258 valence electrons. The maximum Gasteiger partial charge on any atom is 0.319 e. The molecule has 0 radical (unpaired) electrons. The van der Waals surface area contributed by atoms with Crippen LogP contribution in [0.4, 0.5) is 32.2 Å². The Balaban J connectivity index is 1.08. The zero-order valence-electron chi connectivity index (χ0n) is 26.6. The van der Waals surface area contributed by atoms with Crippen LogP contribution in [-0.4, -0.2) is 77.3 Å². The Hall–Kier alpha value is -3.84. The fourth-order valence-electron chi connectivity index (χ4n) is 8.54. The highest BCUT2D eigenvalue weighted by molar-refractivity contribution is 6.02. The lowest BCUT2D eigenvalue weighted by atomic mass is 9.92. The molecule has 2 atom stereocenters. The van der Waals surface area contributed by atoms with Crippen molar-refractivity contribution in [2.45, 2.75) is 63.0 Å². The van der Waals surface area contributed by atoms with E-state index in [1.54, 1.807) is 0 Å². The van der Waals surface area contributed by atoms with Crippen molar-refractivity contribution >= 4 is 27.5 Å². The normalized spacial score (nSPS) is 25.0. The number of hydrogen-bond donors (Lipinski definition) is 2. The summed E-state index contributed by atoms with van der Waals surface area (Å²) in [5.41, 5.74) is -2.29. The molecule has 49 heavy (non-hydrogen) atoms. The van der Waals surface area contributed by atoms with Gasteiger partial charge in [0.2, 0.25) is 0 Å². The molecule has 1 spiro atoms. The van der Waals surface area contributed by atoms with E-state index in [1.165, 1.54) is 12.1 Å². The number of rotatable bonds is 7. The number of alkyl halides is 2. The molecule has 5 aliphatic rings. The first-order chi connectivity index (χ1) is 23.4. The average molecular weight is 684 g/mol. The molecule has 2 N–H and O–H groups in total. The van der Waals surface area contributed by atoms with Crippen molar-refractivity contribution in [3.05, 3.63) is 53.6 Å². The van der Waals surface area contributed by atoms with E-state index < -0.39 is 40.2 Å². The van der Waals surface area contributed by atoms with Crippen LogP contribution in [0.3, 0.4) is 0 Å². The first kappa shape index (κ1) is 31.2. The predicted octanol–water partition coefficient (Wildman–Crippen LogP) is 6.93. The third kappa shape index (κ3) is 5.17. The van der Waals surface area contributed by atoms with Gasteiger partial charge in [0.15, 0.2) is 17.5 Å². The van der Waals surface area contributed by atoms with Crippen molar-refractivity contribution in [3.8, 4) is 22.9 Å². The number of ether oxygens (including phenoxy) is 1.